The van der Waals surface area contributed by atoms with Crippen LogP contribution in [0.25, 0.3) is 0 Å². The lowest BCUT2D eigenvalue weighted by atomic mass is 10.3. The van der Waals surface area contributed by atoms with Crippen LogP contribution >= 0.6 is 27.5 Å². The molecule has 0 aromatic carbocycles. The van der Waals surface area contributed by atoms with E-state index in [-0.39, 0.29) is 6.42 Å². The number of anilines is 1. The molecule has 0 amide bonds. The molecule has 0 radical (unpaired) electrons. The molecular weight excluding hydrogens is 283 g/mol. The Morgan fingerprint density at radius 2 is 2.40 bits per heavy atom. The fourth-order valence-corrected chi connectivity index (χ4v) is 1.77. The van der Waals surface area contributed by atoms with Gasteiger partial charge in [-0.25, -0.2) is 4.98 Å². The topological polar surface area (TPSA) is 62.2 Å². The summed E-state index contributed by atoms with van der Waals surface area (Å²) in [4.78, 5) is 14.3. The highest BCUT2D eigenvalue weighted by Gasteiger charge is 2.02. The summed E-state index contributed by atoms with van der Waals surface area (Å²) in [5.74, 6) is -0.121. The zero-order valence-electron chi connectivity index (χ0n) is 7.83. The zero-order chi connectivity index (χ0) is 11.3. The van der Waals surface area contributed by atoms with E-state index in [0.29, 0.717) is 23.8 Å². The Labute approximate surface area is 101 Å². The predicted molar refractivity (Wildman–Crippen MR) is 62.3 cm³/mol. The van der Waals surface area contributed by atoms with Gasteiger partial charge in [0, 0.05) is 19.2 Å². The molecule has 0 fully saturated rings. The minimum absolute atomic E-state index is 0.151. The summed E-state index contributed by atoms with van der Waals surface area (Å²) < 4.78 is 0.769. The van der Waals surface area contributed by atoms with E-state index >= 15 is 0 Å². The van der Waals surface area contributed by atoms with Gasteiger partial charge in [0.25, 0.3) is 0 Å². The molecule has 0 atom stereocenters. The lowest BCUT2D eigenvalue weighted by molar-refractivity contribution is -0.137. The third kappa shape index (κ3) is 4.48. The molecule has 0 bridgehead atoms. The van der Waals surface area contributed by atoms with Gasteiger partial charge in [0.2, 0.25) is 0 Å². The summed E-state index contributed by atoms with van der Waals surface area (Å²) in [6, 6.07) is 1.73. The highest BCUT2D eigenvalue weighted by molar-refractivity contribution is 9.10. The number of carbonyl (C=O) groups is 1. The third-order valence-electron chi connectivity index (χ3n) is 1.67. The summed E-state index contributed by atoms with van der Waals surface area (Å²) in [5.41, 5.74) is 0. The smallest absolute Gasteiger partial charge is 0.303 e. The second kappa shape index (κ2) is 5.92. The molecule has 0 aliphatic rings. The van der Waals surface area contributed by atoms with Gasteiger partial charge in [0.05, 0.1) is 9.50 Å². The van der Waals surface area contributed by atoms with Crippen LogP contribution in [0.3, 0.4) is 0 Å². The maximum atomic E-state index is 10.3. The van der Waals surface area contributed by atoms with Crippen LogP contribution in [0.2, 0.25) is 5.02 Å². The van der Waals surface area contributed by atoms with Gasteiger partial charge in [-0.2, -0.15) is 0 Å². The number of hydrogen-bond donors (Lipinski definition) is 2. The lowest BCUT2D eigenvalue weighted by Gasteiger charge is -2.06. The highest BCUT2D eigenvalue weighted by atomic mass is 79.9. The van der Waals surface area contributed by atoms with Crippen LogP contribution in [0.5, 0.6) is 0 Å². The third-order valence-corrected chi connectivity index (χ3v) is 2.48. The van der Waals surface area contributed by atoms with E-state index in [1.54, 1.807) is 6.07 Å². The van der Waals surface area contributed by atoms with Crippen LogP contribution in [0, 0.1) is 0 Å². The monoisotopic (exact) mass is 292 g/mol. The van der Waals surface area contributed by atoms with E-state index in [1.807, 2.05) is 0 Å². The van der Waals surface area contributed by atoms with E-state index in [0.717, 1.165) is 4.47 Å². The van der Waals surface area contributed by atoms with E-state index in [9.17, 15) is 4.79 Å². The minimum atomic E-state index is -0.792. The van der Waals surface area contributed by atoms with Crippen molar-refractivity contribution in [3.63, 3.8) is 0 Å². The molecule has 0 unspecified atom stereocenters. The van der Waals surface area contributed by atoms with Gasteiger partial charge < -0.3 is 10.4 Å². The van der Waals surface area contributed by atoms with Crippen molar-refractivity contribution >= 4 is 39.3 Å². The van der Waals surface area contributed by atoms with Gasteiger partial charge >= 0.3 is 5.97 Å². The molecule has 0 spiro atoms. The fourth-order valence-electron chi connectivity index (χ4n) is 0.991. The summed E-state index contributed by atoms with van der Waals surface area (Å²) in [6.45, 7) is 0.569. The molecule has 1 aromatic heterocycles. The van der Waals surface area contributed by atoms with Crippen molar-refractivity contribution < 1.29 is 9.90 Å². The zero-order valence-corrected chi connectivity index (χ0v) is 10.2. The van der Waals surface area contributed by atoms with E-state index in [2.05, 4.69) is 26.2 Å². The molecule has 4 nitrogen and oxygen atoms in total. The van der Waals surface area contributed by atoms with Gasteiger partial charge in [-0.3, -0.25) is 4.79 Å². The van der Waals surface area contributed by atoms with Crippen LogP contribution in [0.1, 0.15) is 12.8 Å². The summed E-state index contributed by atoms with van der Waals surface area (Å²) in [7, 11) is 0. The molecule has 1 heterocycles. The average molecular weight is 294 g/mol. The number of pyridine rings is 1. The fraction of sp³-hybridized carbons (Fsp3) is 0.333. The number of nitrogens with zero attached hydrogens (tertiary/aromatic N) is 1. The molecule has 82 valence electrons. The number of nitrogens with one attached hydrogen (secondary N) is 1. The summed E-state index contributed by atoms with van der Waals surface area (Å²) in [5, 5.41) is 12.0. The number of halogens is 2. The highest BCUT2D eigenvalue weighted by Crippen LogP contribution is 2.22. The van der Waals surface area contributed by atoms with Crippen LogP contribution in [-0.2, 0) is 4.79 Å². The van der Waals surface area contributed by atoms with Gasteiger partial charge in [-0.1, -0.05) is 11.6 Å². The SMILES string of the molecule is O=C(O)CCCNc1ncc(Cl)cc1Br. The Hall–Kier alpha value is -0.810. The maximum Gasteiger partial charge on any atom is 0.303 e. The van der Waals surface area contributed by atoms with Crippen LogP contribution in [0.4, 0.5) is 5.82 Å². The van der Waals surface area contributed by atoms with Gasteiger partial charge in [0.15, 0.2) is 0 Å². The number of carboxylic acid groups (broad SMARTS) is 1. The first-order chi connectivity index (χ1) is 7.09. The molecule has 15 heavy (non-hydrogen) atoms. The minimum Gasteiger partial charge on any atom is -0.481 e. The number of hydrogen-bond acceptors (Lipinski definition) is 3. The van der Waals surface area contributed by atoms with Gasteiger partial charge in [0.1, 0.15) is 5.82 Å². The molecule has 6 heteroatoms. The molecular formula is C9H10BrClN2O2. The molecule has 0 aliphatic carbocycles. The van der Waals surface area contributed by atoms with Crippen molar-refractivity contribution in [3.8, 4) is 0 Å². The number of aliphatic carboxylic acids is 1. The number of aromatic nitrogens is 1. The summed E-state index contributed by atoms with van der Waals surface area (Å²) in [6.07, 6.45) is 2.25. The molecule has 0 saturated heterocycles. The van der Waals surface area contributed by atoms with Crippen LogP contribution < -0.4 is 5.32 Å². The van der Waals surface area contributed by atoms with Crippen molar-refractivity contribution in [1.29, 1.82) is 0 Å². The quantitative estimate of drug-likeness (QED) is 0.820. The molecule has 0 saturated carbocycles. The van der Waals surface area contributed by atoms with E-state index < -0.39 is 5.97 Å². The molecule has 2 N–H and O–H groups in total. The Morgan fingerprint density at radius 1 is 1.67 bits per heavy atom. The predicted octanol–water partition coefficient (Wildman–Crippen LogP) is 2.77. The Bertz CT molecular complexity index is 360. The number of rotatable bonds is 5. The standard InChI is InChI=1S/C9H10BrClN2O2/c10-7-4-6(11)5-13-9(7)12-3-1-2-8(14)15/h4-5H,1-3H2,(H,12,13)(H,14,15). The van der Waals surface area contributed by atoms with Crippen molar-refractivity contribution in [2.75, 3.05) is 11.9 Å². The largest absolute Gasteiger partial charge is 0.481 e. The Balaban J connectivity index is 2.40. The van der Waals surface area contributed by atoms with E-state index in [1.165, 1.54) is 6.20 Å². The maximum absolute atomic E-state index is 10.3. The van der Waals surface area contributed by atoms with Crippen molar-refractivity contribution in [1.82, 2.24) is 4.98 Å². The average Bonchev–Trinajstić information content (AvgIpc) is 2.14. The first kappa shape index (κ1) is 12.3. The van der Waals surface area contributed by atoms with Crippen molar-refractivity contribution in [2.45, 2.75) is 12.8 Å². The first-order valence-corrected chi connectivity index (χ1v) is 5.53. The molecule has 1 aromatic rings. The number of carboxylic acids is 1. The van der Waals surface area contributed by atoms with Gasteiger partial charge in [-0.15, -0.1) is 0 Å². The van der Waals surface area contributed by atoms with Gasteiger partial charge in [-0.05, 0) is 28.4 Å². The Kier molecular flexibility index (Phi) is 4.84. The molecule has 0 aliphatic heterocycles. The van der Waals surface area contributed by atoms with Crippen LogP contribution in [0.15, 0.2) is 16.7 Å². The van der Waals surface area contributed by atoms with E-state index in [4.69, 9.17) is 16.7 Å². The Morgan fingerprint density at radius 3 is 3.00 bits per heavy atom. The van der Waals surface area contributed by atoms with Crippen molar-refractivity contribution in [2.24, 2.45) is 0 Å². The second-order valence-electron chi connectivity index (χ2n) is 2.91. The van der Waals surface area contributed by atoms with Crippen molar-refractivity contribution in [3.05, 3.63) is 21.8 Å². The summed E-state index contributed by atoms with van der Waals surface area (Å²) >= 11 is 9.02. The first-order valence-electron chi connectivity index (χ1n) is 4.36. The normalized spacial score (nSPS) is 10.0. The lowest BCUT2D eigenvalue weighted by Crippen LogP contribution is -2.06. The van der Waals surface area contributed by atoms with Crippen LogP contribution in [-0.4, -0.2) is 22.6 Å². The second-order valence-corrected chi connectivity index (χ2v) is 4.20. The molecule has 1 rings (SSSR count).